The maximum absolute atomic E-state index is 12.2. The van der Waals surface area contributed by atoms with Crippen LogP contribution in [0.3, 0.4) is 0 Å². The van der Waals surface area contributed by atoms with Gasteiger partial charge in [-0.3, -0.25) is 4.79 Å². The molecule has 1 saturated carbocycles. The number of benzene rings is 1. The van der Waals surface area contributed by atoms with E-state index in [2.05, 4.69) is 31.3 Å². The van der Waals surface area contributed by atoms with E-state index >= 15 is 0 Å². The third-order valence-electron chi connectivity index (χ3n) is 5.40. The maximum atomic E-state index is 12.2. The molecule has 0 amide bonds. The van der Waals surface area contributed by atoms with Crippen molar-refractivity contribution in [3.8, 4) is 0 Å². The molecule has 2 aliphatic rings. The summed E-state index contributed by atoms with van der Waals surface area (Å²) in [7, 11) is 0. The van der Waals surface area contributed by atoms with E-state index < -0.39 is 0 Å². The number of nitrogens with one attached hydrogen (secondary N) is 1. The topological polar surface area (TPSA) is 29.1 Å². The van der Waals surface area contributed by atoms with E-state index in [1.54, 1.807) is 0 Å². The molecule has 3 rings (SSSR count). The summed E-state index contributed by atoms with van der Waals surface area (Å²) >= 11 is 0. The van der Waals surface area contributed by atoms with Gasteiger partial charge in [0, 0.05) is 26.0 Å². The van der Waals surface area contributed by atoms with Gasteiger partial charge < -0.3 is 5.32 Å². The minimum atomic E-state index is 0. The van der Waals surface area contributed by atoms with Crippen LogP contribution in [-0.4, -0.2) is 11.8 Å². The van der Waals surface area contributed by atoms with Gasteiger partial charge >= 0.3 is 0 Å². The highest BCUT2D eigenvalue weighted by atomic mass is 16.1. The van der Waals surface area contributed by atoms with Crippen molar-refractivity contribution in [3.63, 3.8) is 0 Å². The standard InChI is InChI=1S/C19H27NO.C2H6.H2/c1-3-15-10-14(12-20-13(2)16-6-4-7-16)11-18-17(15)8-5-9-19(18)21;1-2;/h10-11,13,16,20H,3-9,12H2,1-2H3;1-2H3;1H/t13-;;/m0../s1. The number of hydrogen-bond acceptors (Lipinski definition) is 2. The van der Waals surface area contributed by atoms with Crippen LogP contribution < -0.4 is 5.32 Å². The molecule has 0 unspecified atom stereocenters. The molecule has 1 aromatic carbocycles. The van der Waals surface area contributed by atoms with Crippen molar-refractivity contribution >= 4 is 5.78 Å². The summed E-state index contributed by atoms with van der Waals surface area (Å²) in [5.41, 5.74) is 5.00. The fraction of sp³-hybridized carbons (Fsp3) is 0.667. The summed E-state index contributed by atoms with van der Waals surface area (Å²) < 4.78 is 0. The molecule has 1 atom stereocenters. The van der Waals surface area contributed by atoms with E-state index in [-0.39, 0.29) is 1.43 Å². The minimum absolute atomic E-state index is 0. The number of carbonyl (C=O) groups is 1. The lowest BCUT2D eigenvalue weighted by Crippen LogP contribution is -2.36. The molecule has 130 valence electrons. The molecule has 2 nitrogen and oxygen atoms in total. The first-order chi connectivity index (χ1) is 11.2. The summed E-state index contributed by atoms with van der Waals surface area (Å²) in [4.78, 5) is 12.2. The zero-order valence-electron chi connectivity index (χ0n) is 15.4. The number of Topliss-reactive ketones (excluding diaryl/α,β-unsaturated/α-hetero) is 1. The van der Waals surface area contributed by atoms with Gasteiger partial charge in [-0.1, -0.05) is 33.3 Å². The van der Waals surface area contributed by atoms with Crippen LogP contribution in [0.4, 0.5) is 0 Å². The number of ketones is 1. The quantitative estimate of drug-likeness (QED) is 0.796. The molecular formula is C21H35NO. The molecule has 1 fully saturated rings. The lowest BCUT2D eigenvalue weighted by atomic mass is 9.80. The van der Waals surface area contributed by atoms with Crippen molar-refractivity contribution in [2.45, 2.75) is 85.2 Å². The van der Waals surface area contributed by atoms with Crippen LogP contribution >= 0.6 is 0 Å². The van der Waals surface area contributed by atoms with Crippen molar-refractivity contribution in [1.82, 2.24) is 5.32 Å². The second kappa shape index (κ2) is 8.63. The van der Waals surface area contributed by atoms with Gasteiger partial charge in [0.15, 0.2) is 5.78 Å². The van der Waals surface area contributed by atoms with Gasteiger partial charge in [-0.05, 0) is 67.7 Å². The fourth-order valence-corrected chi connectivity index (χ4v) is 3.71. The molecule has 0 aliphatic heterocycles. The SMILES string of the molecule is CC.CCc1cc(CN[C@@H](C)C2CCC2)cc2c1CCCC2=O.[HH]. The molecule has 0 spiro atoms. The Hall–Kier alpha value is -1.15. The molecule has 2 heteroatoms. The first-order valence-electron chi connectivity index (χ1n) is 9.60. The summed E-state index contributed by atoms with van der Waals surface area (Å²) in [6, 6.07) is 5.06. The average molecular weight is 318 g/mol. The molecule has 0 saturated heterocycles. The van der Waals surface area contributed by atoms with Crippen molar-refractivity contribution in [3.05, 3.63) is 34.4 Å². The number of aryl methyl sites for hydroxylation is 1. The predicted molar refractivity (Wildman–Crippen MR) is 100 cm³/mol. The Balaban J connectivity index is 0.000000925. The number of carbonyl (C=O) groups excluding carboxylic acids is 1. The molecule has 2 aliphatic carbocycles. The Kier molecular flexibility index (Phi) is 6.83. The van der Waals surface area contributed by atoms with Crippen LogP contribution in [0.5, 0.6) is 0 Å². The van der Waals surface area contributed by atoms with Crippen LogP contribution in [0.15, 0.2) is 12.1 Å². The van der Waals surface area contributed by atoms with Crippen LogP contribution in [0.25, 0.3) is 0 Å². The Bertz CT molecular complexity index is 537. The molecule has 1 N–H and O–H groups in total. The Morgan fingerprint density at radius 3 is 2.57 bits per heavy atom. The molecule has 23 heavy (non-hydrogen) atoms. The van der Waals surface area contributed by atoms with Crippen LogP contribution in [0.2, 0.25) is 0 Å². The molecule has 0 heterocycles. The van der Waals surface area contributed by atoms with Crippen molar-refractivity contribution in [2.75, 3.05) is 0 Å². The van der Waals surface area contributed by atoms with E-state index in [9.17, 15) is 4.79 Å². The van der Waals surface area contributed by atoms with Crippen LogP contribution in [0, 0.1) is 5.92 Å². The van der Waals surface area contributed by atoms with Gasteiger partial charge in [0.1, 0.15) is 0 Å². The summed E-state index contributed by atoms with van der Waals surface area (Å²) in [5, 5.41) is 3.66. The van der Waals surface area contributed by atoms with Crippen LogP contribution in [0.1, 0.15) is 88.3 Å². The molecule has 0 aromatic heterocycles. The zero-order valence-corrected chi connectivity index (χ0v) is 15.4. The molecule has 0 radical (unpaired) electrons. The van der Waals surface area contributed by atoms with Crippen molar-refractivity contribution in [1.29, 1.82) is 0 Å². The number of hydrogen-bond donors (Lipinski definition) is 1. The smallest absolute Gasteiger partial charge is 0.163 e. The molecular weight excluding hydrogens is 282 g/mol. The van der Waals surface area contributed by atoms with Crippen molar-refractivity contribution in [2.24, 2.45) is 5.92 Å². The second-order valence-electron chi connectivity index (χ2n) is 6.77. The Morgan fingerprint density at radius 1 is 1.22 bits per heavy atom. The third kappa shape index (κ3) is 4.23. The predicted octanol–water partition coefficient (Wildman–Crippen LogP) is 5.32. The summed E-state index contributed by atoms with van der Waals surface area (Å²) in [6.45, 7) is 9.39. The van der Waals surface area contributed by atoms with E-state index in [1.165, 1.54) is 36.0 Å². The minimum Gasteiger partial charge on any atom is -0.310 e. The summed E-state index contributed by atoms with van der Waals surface area (Å²) in [5.74, 6) is 1.20. The van der Waals surface area contributed by atoms with Crippen LogP contribution in [-0.2, 0) is 19.4 Å². The van der Waals surface area contributed by atoms with E-state index in [0.717, 1.165) is 43.7 Å². The summed E-state index contributed by atoms with van der Waals surface area (Å²) in [6.07, 6.45) is 8.00. The highest BCUT2D eigenvalue weighted by molar-refractivity contribution is 5.99. The zero-order chi connectivity index (χ0) is 16.8. The molecule has 1 aromatic rings. The monoisotopic (exact) mass is 317 g/mol. The average Bonchev–Trinajstić information content (AvgIpc) is 2.53. The number of fused-ring (bicyclic) bond motifs is 1. The van der Waals surface area contributed by atoms with Crippen molar-refractivity contribution < 1.29 is 6.22 Å². The first-order valence-corrected chi connectivity index (χ1v) is 9.60. The normalized spacial score (nSPS) is 18.5. The lowest BCUT2D eigenvalue weighted by Gasteiger charge is -2.32. The highest BCUT2D eigenvalue weighted by Crippen LogP contribution is 2.30. The van der Waals surface area contributed by atoms with E-state index in [1.807, 2.05) is 13.8 Å². The lowest BCUT2D eigenvalue weighted by molar-refractivity contribution is 0.0972. The van der Waals surface area contributed by atoms with Gasteiger partial charge in [0.25, 0.3) is 0 Å². The Morgan fingerprint density at radius 2 is 1.96 bits per heavy atom. The maximum Gasteiger partial charge on any atom is 0.163 e. The fourth-order valence-electron chi connectivity index (χ4n) is 3.71. The largest absolute Gasteiger partial charge is 0.310 e. The van der Waals surface area contributed by atoms with Gasteiger partial charge in [-0.15, -0.1) is 0 Å². The van der Waals surface area contributed by atoms with E-state index in [4.69, 9.17) is 0 Å². The first kappa shape index (κ1) is 18.2. The second-order valence-corrected chi connectivity index (χ2v) is 6.77. The van der Waals surface area contributed by atoms with Gasteiger partial charge in [0.2, 0.25) is 0 Å². The highest BCUT2D eigenvalue weighted by Gasteiger charge is 2.24. The van der Waals surface area contributed by atoms with Gasteiger partial charge in [-0.25, -0.2) is 0 Å². The molecule has 0 bridgehead atoms. The van der Waals surface area contributed by atoms with E-state index in [0.29, 0.717) is 11.8 Å². The van der Waals surface area contributed by atoms with Gasteiger partial charge in [-0.2, -0.15) is 0 Å². The number of rotatable bonds is 5. The Labute approximate surface area is 143 Å². The third-order valence-corrected chi connectivity index (χ3v) is 5.40. The van der Waals surface area contributed by atoms with Gasteiger partial charge in [0.05, 0.1) is 0 Å².